The number of nitrogens with zero attached hydrogens (tertiary/aromatic N) is 3. The van der Waals surface area contributed by atoms with E-state index in [-0.39, 0.29) is 28.6 Å². The average Bonchev–Trinajstić information content (AvgIpc) is 3.18. The van der Waals surface area contributed by atoms with Crippen LogP contribution in [0.1, 0.15) is 5.56 Å². The van der Waals surface area contributed by atoms with Gasteiger partial charge in [0.1, 0.15) is 11.5 Å². The highest BCUT2D eigenvalue weighted by atomic mass is 19.4. The van der Waals surface area contributed by atoms with Gasteiger partial charge in [0.15, 0.2) is 5.71 Å². The number of hydrogen-bond acceptors (Lipinski definition) is 7. The van der Waals surface area contributed by atoms with E-state index < -0.39 is 23.8 Å². The van der Waals surface area contributed by atoms with Crippen molar-refractivity contribution in [3.63, 3.8) is 0 Å². The maximum Gasteiger partial charge on any atom is 0.511 e. The molecule has 35 heavy (non-hydrogen) atoms. The van der Waals surface area contributed by atoms with Crippen molar-refractivity contribution >= 4 is 35.4 Å². The van der Waals surface area contributed by atoms with Crippen LogP contribution in [0.25, 0.3) is 11.1 Å². The smallest absolute Gasteiger partial charge is 0.505 e. The predicted molar refractivity (Wildman–Crippen MR) is 121 cm³/mol. The Labute approximate surface area is 195 Å². The molecule has 0 atom stereocenters. The molecule has 1 aliphatic rings. The summed E-state index contributed by atoms with van der Waals surface area (Å²) >= 11 is 0. The van der Waals surface area contributed by atoms with Crippen LogP contribution >= 0.6 is 0 Å². The Balaban J connectivity index is 1.52. The highest BCUT2D eigenvalue weighted by Gasteiger charge is 2.31. The molecule has 1 amide bonds. The SMILES string of the molecule is O=C(O)Oc1cccc(-c2cccc(NN=C3C=NN(c4ccc(C(F)(F)F)cc4)C3=O)c2O)c1. The largest absolute Gasteiger partial charge is 0.511 e. The summed E-state index contributed by atoms with van der Waals surface area (Å²) in [5.74, 6) is -0.859. The van der Waals surface area contributed by atoms with Crippen LogP contribution in [0.5, 0.6) is 11.5 Å². The third kappa shape index (κ3) is 5.05. The third-order valence-electron chi connectivity index (χ3n) is 4.83. The second kappa shape index (κ2) is 9.17. The number of anilines is 2. The molecule has 0 fully saturated rings. The maximum atomic E-state index is 12.7. The van der Waals surface area contributed by atoms with E-state index >= 15 is 0 Å². The first kappa shape index (κ1) is 23.3. The Morgan fingerprint density at radius 2 is 1.77 bits per heavy atom. The number of benzene rings is 3. The van der Waals surface area contributed by atoms with Gasteiger partial charge in [0.05, 0.1) is 23.2 Å². The van der Waals surface area contributed by atoms with Crippen molar-refractivity contribution in [2.45, 2.75) is 6.18 Å². The minimum Gasteiger partial charge on any atom is -0.505 e. The van der Waals surface area contributed by atoms with Crippen molar-refractivity contribution in [2.75, 3.05) is 10.4 Å². The van der Waals surface area contributed by atoms with E-state index in [0.29, 0.717) is 11.1 Å². The molecule has 3 aromatic carbocycles. The molecule has 1 aliphatic heterocycles. The maximum absolute atomic E-state index is 12.7. The quantitative estimate of drug-likeness (QED) is 0.204. The fourth-order valence-electron chi connectivity index (χ4n) is 3.20. The van der Waals surface area contributed by atoms with Gasteiger partial charge in [-0.1, -0.05) is 24.3 Å². The van der Waals surface area contributed by atoms with Crippen LogP contribution in [0.4, 0.5) is 29.3 Å². The first-order valence-electron chi connectivity index (χ1n) is 9.86. The summed E-state index contributed by atoms with van der Waals surface area (Å²) < 4.78 is 42.9. The second-order valence-electron chi connectivity index (χ2n) is 7.11. The van der Waals surface area contributed by atoms with E-state index in [1.54, 1.807) is 24.3 Å². The van der Waals surface area contributed by atoms with Gasteiger partial charge in [0.2, 0.25) is 0 Å². The lowest BCUT2D eigenvalue weighted by atomic mass is 10.0. The Morgan fingerprint density at radius 3 is 2.46 bits per heavy atom. The minimum atomic E-state index is -4.51. The Morgan fingerprint density at radius 1 is 1.06 bits per heavy atom. The number of alkyl halides is 3. The molecule has 0 aromatic heterocycles. The van der Waals surface area contributed by atoms with Gasteiger partial charge in [-0.05, 0) is 48.0 Å². The summed E-state index contributed by atoms with van der Waals surface area (Å²) in [4.78, 5) is 23.4. The van der Waals surface area contributed by atoms with Crippen molar-refractivity contribution in [2.24, 2.45) is 10.2 Å². The summed E-state index contributed by atoms with van der Waals surface area (Å²) in [6.45, 7) is 0. The van der Waals surface area contributed by atoms with Crippen LogP contribution in [0.2, 0.25) is 0 Å². The van der Waals surface area contributed by atoms with Crippen LogP contribution in [-0.4, -0.2) is 34.2 Å². The first-order valence-corrected chi connectivity index (χ1v) is 9.86. The molecule has 12 heteroatoms. The zero-order valence-corrected chi connectivity index (χ0v) is 17.5. The number of carboxylic acid groups (broad SMARTS) is 1. The highest BCUT2D eigenvalue weighted by Crippen LogP contribution is 2.37. The number of aromatic hydroxyl groups is 1. The number of carbonyl (C=O) groups excluding carboxylic acids is 1. The third-order valence-corrected chi connectivity index (χ3v) is 4.83. The number of halogens is 3. The van der Waals surface area contributed by atoms with E-state index in [4.69, 9.17) is 5.11 Å². The molecule has 0 aliphatic carbocycles. The second-order valence-corrected chi connectivity index (χ2v) is 7.11. The Bertz CT molecular complexity index is 1350. The highest BCUT2D eigenvalue weighted by molar-refractivity contribution is 6.65. The number of carbonyl (C=O) groups is 2. The van der Waals surface area contributed by atoms with Gasteiger partial charge < -0.3 is 14.9 Å². The number of para-hydroxylation sites is 1. The summed E-state index contributed by atoms with van der Waals surface area (Å²) in [6.07, 6.45) is -4.86. The summed E-state index contributed by atoms with van der Waals surface area (Å²) in [5.41, 5.74) is 2.62. The summed E-state index contributed by atoms with van der Waals surface area (Å²) in [6, 6.07) is 14.6. The fourth-order valence-corrected chi connectivity index (χ4v) is 3.20. The monoisotopic (exact) mass is 484 g/mol. The molecular formula is C23H15F3N4O5. The lowest BCUT2D eigenvalue weighted by Crippen LogP contribution is -2.26. The Hall–Kier alpha value is -4.87. The van der Waals surface area contributed by atoms with Gasteiger partial charge in [-0.2, -0.15) is 28.4 Å². The molecular weight excluding hydrogens is 469 g/mol. The predicted octanol–water partition coefficient (Wildman–Crippen LogP) is 4.94. The number of nitrogens with one attached hydrogen (secondary N) is 1. The van der Waals surface area contributed by atoms with Crippen molar-refractivity contribution in [3.05, 3.63) is 72.3 Å². The molecule has 0 saturated carbocycles. The standard InChI is InChI=1S/C23H15F3N4O5/c24-23(25,26)14-7-9-15(10-8-14)30-21(32)19(12-27-30)29-28-18-6-2-5-17(20(18)31)13-3-1-4-16(11-13)35-22(33)34/h1-12,28,31H,(H,33,34). The molecule has 0 spiro atoms. The molecule has 0 saturated heterocycles. The van der Waals surface area contributed by atoms with Gasteiger partial charge in [-0.15, -0.1) is 0 Å². The molecule has 4 rings (SSSR count). The number of rotatable bonds is 5. The zero-order chi connectivity index (χ0) is 25.2. The van der Waals surface area contributed by atoms with E-state index in [1.165, 1.54) is 18.2 Å². The molecule has 1 heterocycles. The van der Waals surface area contributed by atoms with E-state index in [9.17, 15) is 27.9 Å². The molecule has 3 N–H and O–H groups in total. The van der Waals surface area contributed by atoms with Crippen molar-refractivity contribution in [1.82, 2.24) is 0 Å². The number of amides is 1. The van der Waals surface area contributed by atoms with Crippen LogP contribution in [0, 0.1) is 0 Å². The average molecular weight is 484 g/mol. The normalized spacial score (nSPS) is 14.4. The molecule has 0 radical (unpaired) electrons. The van der Waals surface area contributed by atoms with Gasteiger partial charge in [-0.3, -0.25) is 10.2 Å². The van der Waals surface area contributed by atoms with Crippen molar-refractivity contribution < 1.29 is 37.7 Å². The summed E-state index contributed by atoms with van der Waals surface area (Å²) in [5, 5.41) is 28.2. The van der Waals surface area contributed by atoms with Gasteiger partial charge in [0, 0.05) is 5.56 Å². The van der Waals surface area contributed by atoms with Gasteiger partial charge >= 0.3 is 18.2 Å². The zero-order valence-electron chi connectivity index (χ0n) is 17.5. The first-order chi connectivity index (χ1) is 16.6. The van der Waals surface area contributed by atoms with E-state index in [1.807, 2.05) is 0 Å². The number of ether oxygens (including phenoxy) is 1. The van der Waals surface area contributed by atoms with Crippen LogP contribution in [-0.2, 0) is 11.0 Å². The minimum absolute atomic E-state index is 0.0594. The topological polar surface area (TPSA) is 124 Å². The lowest BCUT2D eigenvalue weighted by molar-refractivity contribution is -0.137. The van der Waals surface area contributed by atoms with Gasteiger partial charge in [0.25, 0.3) is 0 Å². The van der Waals surface area contributed by atoms with E-state index in [0.717, 1.165) is 35.5 Å². The fraction of sp³-hybridized carbons (Fsp3) is 0.0435. The number of phenols is 1. The number of hydrogen-bond donors (Lipinski definition) is 3. The molecule has 3 aromatic rings. The summed E-state index contributed by atoms with van der Waals surface area (Å²) in [7, 11) is 0. The molecule has 178 valence electrons. The van der Waals surface area contributed by atoms with Crippen molar-refractivity contribution in [1.29, 1.82) is 0 Å². The molecule has 9 nitrogen and oxygen atoms in total. The molecule has 0 bridgehead atoms. The van der Waals surface area contributed by atoms with Crippen LogP contribution in [0.3, 0.4) is 0 Å². The number of phenolic OH excluding ortho intramolecular Hbond substituents is 1. The molecule has 0 unspecified atom stereocenters. The van der Waals surface area contributed by atoms with Gasteiger partial charge in [-0.25, -0.2) is 4.79 Å². The van der Waals surface area contributed by atoms with Crippen molar-refractivity contribution in [3.8, 4) is 22.6 Å². The lowest BCUT2D eigenvalue weighted by Gasteiger charge is -2.13. The Kier molecular flexibility index (Phi) is 6.10. The number of hydrazone groups is 2. The van der Waals surface area contributed by atoms with E-state index in [2.05, 4.69) is 20.4 Å². The van der Waals surface area contributed by atoms with Crippen LogP contribution in [0.15, 0.2) is 76.9 Å². The van der Waals surface area contributed by atoms with Crippen LogP contribution < -0.4 is 15.2 Å².